The van der Waals surface area contributed by atoms with Gasteiger partial charge in [-0.3, -0.25) is 9.88 Å². The highest BCUT2D eigenvalue weighted by atomic mass is 35.5. The van der Waals surface area contributed by atoms with Crippen LogP contribution in [0.15, 0.2) is 18.5 Å². The first-order valence-corrected chi connectivity index (χ1v) is 7.55. The molecule has 4 heteroatoms. The summed E-state index contributed by atoms with van der Waals surface area (Å²) in [5, 5.41) is 4.50. The minimum Gasteiger partial charge on any atom is -0.308 e. The van der Waals surface area contributed by atoms with Crippen molar-refractivity contribution in [3.8, 4) is 0 Å². The molecule has 0 aromatic carbocycles. The monoisotopic (exact) mass is 281 g/mol. The van der Waals surface area contributed by atoms with Crippen molar-refractivity contribution in [2.75, 3.05) is 13.1 Å². The Labute approximate surface area is 121 Å². The van der Waals surface area contributed by atoms with Gasteiger partial charge in [-0.1, -0.05) is 25.4 Å². The maximum atomic E-state index is 6.23. The quantitative estimate of drug-likeness (QED) is 0.919. The summed E-state index contributed by atoms with van der Waals surface area (Å²) in [7, 11) is 0. The molecule has 3 nitrogen and oxygen atoms in total. The van der Waals surface area contributed by atoms with Gasteiger partial charge in [0, 0.05) is 43.6 Å². The minimum absolute atomic E-state index is 0.256. The number of nitrogens with zero attached hydrogens (tertiary/aromatic N) is 2. The molecule has 1 aromatic rings. The second-order valence-electron chi connectivity index (χ2n) is 5.59. The van der Waals surface area contributed by atoms with E-state index in [-0.39, 0.29) is 5.54 Å². The zero-order chi connectivity index (χ0) is 13.9. The molecular formula is C15H24ClN3. The summed E-state index contributed by atoms with van der Waals surface area (Å²) >= 11 is 6.23. The Morgan fingerprint density at radius 1 is 1.47 bits per heavy atom. The van der Waals surface area contributed by atoms with Crippen molar-refractivity contribution >= 4 is 11.6 Å². The van der Waals surface area contributed by atoms with E-state index in [0.717, 1.165) is 37.5 Å². The summed E-state index contributed by atoms with van der Waals surface area (Å²) in [5.41, 5.74) is 1.43. The number of rotatable bonds is 4. The van der Waals surface area contributed by atoms with Crippen LogP contribution in [-0.2, 0) is 6.54 Å². The van der Waals surface area contributed by atoms with Gasteiger partial charge < -0.3 is 5.32 Å². The summed E-state index contributed by atoms with van der Waals surface area (Å²) < 4.78 is 0. The molecule has 1 aliphatic rings. The van der Waals surface area contributed by atoms with Crippen LogP contribution < -0.4 is 5.32 Å². The maximum absolute atomic E-state index is 6.23. The standard InChI is InChI=1S/C15H24ClN3/c1-4-15(5-2)11-19(12(3)8-18-15)10-13-6-7-17-9-14(13)16/h6-7,9,12,18H,4-5,8,10-11H2,1-3H3. The molecular weight excluding hydrogens is 258 g/mol. The van der Waals surface area contributed by atoms with Crippen LogP contribution in [0.4, 0.5) is 0 Å². The summed E-state index contributed by atoms with van der Waals surface area (Å²) in [6.45, 7) is 9.85. The van der Waals surface area contributed by atoms with Crippen LogP contribution >= 0.6 is 11.6 Å². The highest BCUT2D eigenvalue weighted by molar-refractivity contribution is 6.31. The highest BCUT2D eigenvalue weighted by Crippen LogP contribution is 2.25. The van der Waals surface area contributed by atoms with Crippen LogP contribution in [0, 0.1) is 0 Å². The van der Waals surface area contributed by atoms with E-state index in [1.807, 2.05) is 12.3 Å². The summed E-state index contributed by atoms with van der Waals surface area (Å²) in [6.07, 6.45) is 5.88. The highest BCUT2D eigenvalue weighted by Gasteiger charge is 2.34. The van der Waals surface area contributed by atoms with Gasteiger partial charge in [-0.2, -0.15) is 0 Å². The lowest BCUT2D eigenvalue weighted by atomic mass is 9.88. The van der Waals surface area contributed by atoms with E-state index in [1.165, 1.54) is 5.56 Å². The Hall–Kier alpha value is -0.640. The van der Waals surface area contributed by atoms with E-state index < -0.39 is 0 Å². The smallest absolute Gasteiger partial charge is 0.0634 e. The fraction of sp³-hybridized carbons (Fsp3) is 0.667. The van der Waals surface area contributed by atoms with Crippen molar-refractivity contribution in [2.45, 2.75) is 51.7 Å². The van der Waals surface area contributed by atoms with Gasteiger partial charge in [0.25, 0.3) is 0 Å². The van der Waals surface area contributed by atoms with E-state index in [4.69, 9.17) is 11.6 Å². The van der Waals surface area contributed by atoms with Crippen LogP contribution in [0.2, 0.25) is 5.02 Å². The SMILES string of the molecule is CCC1(CC)CN(Cc2ccncc2Cl)C(C)CN1. The third kappa shape index (κ3) is 3.28. The van der Waals surface area contributed by atoms with Crippen LogP contribution in [0.25, 0.3) is 0 Å². The van der Waals surface area contributed by atoms with Crippen molar-refractivity contribution in [3.63, 3.8) is 0 Å². The van der Waals surface area contributed by atoms with E-state index in [0.29, 0.717) is 6.04 Å². The lowest BCUT2D eigenvalue weighted by molar-refractivity contribution is 0.0746. The van der Waals surface area contributed by atoms with Crippen LogP contribution in [0.3, 0.4) is 0 Å². The lowest BCUT2D eigenvalue weighted by Gasteiger charge is -2.46. The Morgan fingerprint density at radius 2 is 2.21 bits per heavy atom. The van der Waals surface area contributed by atoms with Gasteiger partial charge in [-0.05, 0) is 31.4 Å². The summed E-state index contributed by atoms with van der Waals surface area (Å²) in [5.74, 6) is 0. The molecule has 0 saturated carbocycles. The fourth-order valence-corrected chi connectivity index (χ4v) is 2.96. The van der Waals surface area contributed by atoms with Crippen LogP contribution in [0.5, 0.6) is 0 Å². The molecule has 1 N–H and O–H groups in total. The van der Waals surface area contributed by atoms with Gasteiger partial charge in [0.15, 0.2) is 0 Å². The third-order valence-corrected chi connectivity index (χ3v) is 4.83. The van der Waals surface area contributed by atoms with Crippen molar-refractivity contribution in [2.24, 2.45) is 0 Å². The van der Waals surface area contributed by atoms with Gasteiger partial charge in [-0.15, -0.1) is 0 Å². The number of piperazine rings is 1. The average Bonchev–Trinajstić information content (AvgIpc) is 2.44. The molecule has 0 amide bonds. The molecule has 1 aliphatic heterocycles. The molecule has 0 aliphatic carbocycles. The van der Waals surface area contributed by atoms with Gasteiger partial charge in [0.1, 0.15) is 0 Å². The number of hydrogen-bond donors (Lipinski definition) is 1. The molecule has 0 spiro atoms. The molecule has 1 aromatic heterocycles. The minimum atomic E-state index is 0.256. The molecule has 106 valence electrons. The number of pyridine rings is 1. The van der Waals surface area contributed by atoms with E-state index in [1.54, 1.807) is 6.20 Å². The largest absolute Gasteiger partial charge is 0.308 e. The Morgan fingerprint density at radius 3 is 2.84 bits per heavy atom. The van der Waals surface area contributed by atoms with Crippen molar-refractivity contribution in [1.82, 2.24) is 15.2 Å². The van der Waals surface area contributed by atoms with E-state index in [2.05, 4.69) is 36.0 Å². The number of aromatic nitrogens is 1. The molecule has 1 saturated heterocycles. The van der Waals surface area contributed by atoms with E-state index in [9.17, 15) is 0 Å². The van der Waals surface area contributed by atoms with Gasteiger partial charge >= 0.3 is 0 Å². The Kier molecular flexibility index (Phi) is 4.82. The summed E-state index contributed by atoms with van der Waals surface area (Å²) in [6, 6.07) is 2.56. The molecule has 2 rings (SSSR count). The van der Waals surface area contributed by atoms with Gasteiger partial charge in [0.05, 0.1) is 5.02 Å². The topological polar surface area (TPSA) is 28.2 Å². The molecule has 1 atom stereocenters. The predicted molar refractivity (Wildman–Crippen MR) is 80.4 cm³/mol. The first-order valence-electron chi connectivity index (χ1n) is 7.17. The number of nitrogens with one attached hydrogen (secondary N) is 1. The zero-order valence-electron chi connectivity index (χ0n) is 12.1. The zero-order valence-corrected chi connectivity index (χ0v) is 12.9. The van der Waals surface area contributed by atoms with Crippen molar-refractivity contribution in [3.05, 3.63) is 29.0 Å². The van der Waals surface area contributed by atoms with Crippen molar-refractivity contribution < 1.29 is 0 Å². The predicted octanol–water partition coefficient (Wildman–Crippen LogP) is 3.09. The van der Waals surface area contributed by atoms with E-state index >= 15 is 0 Å². The summed E-state index contributed by atoms with van der Waals surface area (Å²) in [4.78, 5) is 6.59. The normalized spacial score (nSPS) is 23.5. The van der Waals surface area contributed by atoms with Crippen LogP contribution in [0.1, 0.15) is 39.2 Å². The fourth-order valence-electron chi connectivity index (χ4n) is 2.78. The molecule has 2 heterocycles. The lowest BCUT2D eigenvalue weighted by Crippen LogP contribution is -2.62. The van der Waals surface area contributed by atoms with Crippen LogP contribution in [-0.4, -0.2) is 34.6 Å². The first-order chi connectivity index (χ1) is 9.10. The molecule has 1 fully saturated rings. The molecule has 0 radical (unpaired) electrons. The molecule has 0 bridgehead atoms. The molecule has 19 heavy (non-hydrogen) atoms. The first kappa shape index (κ1) is 14.8. The van der Waals surface area contributed by atoms with Gasteiger partial charge in [-0.25, -0.2) is 0 Å². The number of halogens is 1. The Bertz CT molecular complexity index is 418. The second-order valence-corrected chi connectivity index (χ2v) is 6.00. The molecule has 1 unspecified atom stereocenters. The maximum Gasteiger partial charge on any atom is 0.0634 e. The number of hydrogen-bond acceptors (Lipinski definition) is 3. The van der Waals surface area contributed by atoms with Crippen molar-refractivity contribution in [1.29, 1.82) is 0 Å². The third-order valence-electron chi connectivity index (χ3n) is 4.48. The second kappa shape index (κ2) is 6.21. The van der Waals surface area contributed by atoms with Gasteiger partial charge in [0.2, 0.25) is 0 Å². The Balaban J connectivity index is 2.12. The average molecular weight is 282 g/mol.